The van der Waals surface area contributed by atoms with Crippen LogP contribution in [0.1, 0.15) is 15.9 Å². The van der Waals surface area contributed by atoms with E-state index in [4.69, 9.17) is 0 Å². The highest BCUT2D eigenvalue weighted by molar-refractivity contribution is 7.89. The molecule has 0 radical (unpaired) electrons. The second kappa shape index (κ2) is 8.77. The fraction of sp³-hybridized carbons (Fsp3) is 0.167. The largest absolute Gasteiger partial charge is 0.573 e. The lowest BCUT2D eigenvalue weighted by Crippen LogP contribution is -2.24. The van der Waals surface area contributed by atoms with Crippen molar-refractivity contribution in [3.8, 4) is 17.6 Å². The molecule has 0 unspecified atom stereocenters. The maximum atomic E-state index is 12.2. The van der Waals surface area contributed by atoms with Gasteiger partial charge in [0.1, 0.15) is 5.75 Å². The third kappa shape index (κ3) is 6.00. The Balaban J connectivity index is 2.06. The van der Waals surface area contributed by atoms with E-state index in [1.807, 2.05) is 0 Å². The van der Waals surface area contributed by atoms with Crippen LogP contribution in [-0.4, -0.2) is 34.3 Å². The first-order valence-corrected chi connectivity index (χ1v) is 9.26. The molecule has 2 rings (SSSR count). The number of rotatable bonds is 5. The van der Waals surface area contributed by atoms with Gasteiger partial charge in [-0.05, 0) is 36.4 Å². The van der Waals surface area contributed by atoms with E-state index in [0.717, 1.165) is 24.3 Å². The maximum Gasteiger partial charge on any atom is 0.573 e. The Morgan fingerprint density at radius 1 is 1.11 bits per heavy atom. The Bertz CT molecular complexity index is 1010. The lowest BCUT2D eigenvalue weighted by Gasteiger charge is -2.09. The molecule has 0 fully saturated rings. The Morgan fingerprint density at radius 2 is 1.75 bits per heavy atom. The van der Waals surface area contributed by atoms with Crippen molar-refractivity contribution in [3.63, 3.8) is 0 Å². The summed E-state index contributed by atoms with van der Waals surface area (Å²) in [4.78, 5) is 11.5. The first kappa shape index (κ1) is 21.3. The van der Waals surface area contributed by atoms with Crippen molar-refractivity contribution in [1.82, 2.24) is 10.0 Å². The SMILES string of the molecule is CNC(=O)c1ccccc1C#CCNS(=O)(=O)c1ccc(OC(F)(F)F)cc1. The molecule has 0 aliphatic heterocycles. The number of alkyl halides is 3. The summed E-state index contributed by atoms with van der Waals surface area (Å²) in [5.41, 5.74) is 0.773. The van der Waals surface area contributed by atoms with Crippen LogP contribution < -0.4 is 14.8 Å². The van der Waals surface area contributed by atoms with Crippen LogP contribution >= 0.6 is 0 Å². The minimum Gasteiger partial charge on any atom is -0.406 e. The molecule has 28 heavy (non-hydrogen) atoms. The molecular formula is C18H15F3N2O4S. The van der Waals surface area contributed by atoms with Crippen molar-refractivity contribution in [2.24, 2.45) is 0 Å². The van der Waals surface area contributed by atoms with Gasteiger partial charge in [0.25, 0.3) is 5.91 Å². The summed E-state index contributed by atoms with van der Waals surface area (Å²) in [6, 6.07) is 10.3. The molecule has 2 aromatic carbocycles. The van der Waals surface area contributed by atoms with Gasteiger partial charge in [0.15, 0.2) is 0 Å². The zero-order valence-corrected chi connectivity index (χ0v) is 15.3. The molecule has 0 aliphatic carbocycles. The van der Waals surface area contributed by atoms with Crippen molar-refractivity contribution in [1.29, 1.82) is 0 Å². The number of hydrogen-bond acceptors (Lipinski definition) is 4. The van der Waals surface area contributed by atoms with Gasteiger partial charge < -0.3 is 10.1 Å². The number of carbonyl (C=O) groups is 1. The van der Waals surface area contributed by atoms with Gasteiger partial charge in [-0.25, -0.2) is 8.42 Å². The Morgan fingerprint density at radius 3 is 2.36 bits per heavy atom. The van der Waals surface area contributed by atoms with Crippen molar-refractivity contribution in [2.75, 3.05) is 13.6 Å². The topological polar surface area (TPSA) is 84.5 Å². The van der Waals surface area contributed by atoms with Gasteiger partial charge in [-0.3, -0.25) is 4.79 Å². The van der Waals surface area contributed by atoms with Crippen LogP contribution in [-0.2, 0) is 10.0 Å². The van der Waals surface area contributed by atoms with Crippen LogP contribution in [0.2, 0.25) is 0 Å². The summed E-state index contributed by atoms with van der Waals surface area (Å²) in [5.74, 6) is 4.44. The zero-order valence-electron chi connectivity index (χ0n) is 14.5. The highest BCUT2D eigenvalue weighted by Crippen LogP contribution is 2.23. The van der Waals surface area contributed by atoms with E-state index in [2.05, 4.69) is 26.6 Å². The third-order valence-corrected chi connectivity index (χ3v) is 4.76. The van der Waals surface area contributed by atoms with Crippen molar-refractivity contribution < 1.29 is 31.1 Å². The number of benzene rings is 2. The maximum absolute atomic E-state index is 12.2. The molecule has 10 heteroatoms. The molecule has 6 nitrogen and oxygen atoms in total. The second-order valence-electron chi connectivity index (χ2n) is 5.27. The smallest absolute Gasteiger partial charge is 0.406 e. The molecule has 2 N–H and O–H groups in total. The summed E-state index contributed by atoms with van der Waals surface area (Å²) in [6.45, 7) is -0.259. The Labute approximate surface area is 159 Å². The van der Waals surface area contributed by atoms with E-state index in [-0.39, 0.29) is 17.3 Å². The summed E-state index contributed by atoms with van der Waals surface area (Å²) in [6.07, 6.45) is -4.86. The Kier molecular flexibility index (Phi) is 6.66. The number of sulfonamides is 1. The molecular weight excluding hydrogens is 397 g/mol. The zero-order chi connectivity index (χ0) is 20.8. The standard InChI is InChI=1S/C18H15F3N2O4S/c1-22-17(24)16-7-3-2-5-13(16)6-4-12-23-28(25,26)15-10-8-14(9-11-15)27-18(19,20)21/h2-3,5,7-11,23H,12H2,1H3,(H,22,24). The fourth-order valence-electron chi connectivity index (χ4n) is 2.10. The summed E-state index contributed by atoms with van der Waals surface area (Å²) in [7, 11) is -2.50. The number of carbonyl (C=O) groups excluding carboxylic acids is 1. The lowest BCUT2D eigenvalue weighted by atomic mass is 10.1. The van der Waals surface area contributed by atoms with E-state index >= 15 is 0 Å². The summed E-state index contributed by atoms with van der Waals surface area (Å²) < 4.78 is 66.6. The minimum atomic E-state index is -4.86. The number of amides is 1. The third-order valence-electron chi connectivity index (χ3n) is 3.34. The van der Waals surface area contributed by atoms with Gasteiger partial charge in [-0.2, -0.15) is 4.72 Å². The molecule has 1 amide bonds. The van der Waals surface area contributed by atoms with Crippen LogP contribution in [0.15, 0.2) is 53.4 Å². The van der Waals surface area contributed by atoms with Crippen LogP contribution in [0.4, 0.5) is 13.2 Å². The molecule has 2 aromatic rings. The monoisotopic (exact) mass is 412 g/mol. The van der Waals surface area contributed by atoms with Crippen LogP contribution in [0.5, 0.6) is 5.75 Å². The highest BCUT2D eigenvalue weighted by atomic mass is 32.2. The quantitative estimate of drug-likeness (QED) is 0.738. The molecule has 0 saturated carbocycles. The predicted octanol–water partition coefficient (Wildman–Crippen LogP) is 2.27. The normalized spacial score (nSPS) is 11.3. The van der Waals surface area contributed by atoms with Gasteiger partial charge in [-0.15, -0.1) is 13.2 Å². The van der Waals surface area contributed by atoms with Crippen LogP contribution in [0, 0.1) is 11.8 Å². The van der Waals surface area contributed by atoms with Gasteiger partial charge in [0.05, 0.1) is 17.0 Å². The fourth-order valence-corrected chi connectivity index (χ4v) is 3.02. The summed E-state index contributed by atoms with van der Waals surface area (Å²) in [5, 5.41) is 2.48. The van der Waals surface area contributed by atoms with Crippen LogP contribution in [0.3, 0.4) is 0 Å². The van der Waals surface area contributed by atoms with Crippen molar-refractivity contribution in [2.45, 2.75) is 11.3 Å². The van der Waals surface area contributed by atoms with Crippen molar-refractivity contribution in [3.05, 3.63) is 59.7 Å². The number of ether oxygens (including phenoxy) is 1. The highest BCUT2D eigenvalue weighted by Gasteiger charge is 2.31. The first-order valence-electron chi connectivity index (χ1n) is 7.78. The summed E-state index contributed by atoms with van der Waals surface area (Å²) >= 11 is 0. The van der Waals surface area contributed by atoms with Gasteiger partial charge in [0.2, 0.25) is 10.0 Å². The van der Waals surface area contributed by atoms with Crippen molar-refractivity contribution >= 4 is 15.9 Å². The first-order chi connectivity index (χ1) is 13.1. The minimum absolute atomic E-state index is 0.241. The molecule has 0 bridgehead atoms. The predicted molar refractivity (Wildman–Crippen MR) is 95.0 cm³/mol. The number of hydrogen-bond donors (Lipinski definition) is 2. The molecule has 148 valence electrons. The molecule has 0 spiro atoms. The number of halogens is 3. The Hall–Kier alpha value is -3.03. The molecule has 0 saturated heterocycles. The number of nitrogens with one attached hydrogen (secondary N) is 2. The molecule has 0 aliphatic rings. The van der Waals surface area contributed by atoms with Gasteiger partial charge in [0, 0.05) is 12.6 Å². The average molecular weight is 412 g/mol. The van der Waals surface area contributed by atoms with Gasteiger partial charge in [-0.1, -0.05) is 24.0 Å². The lowest BCUT2D eigenvalue weighted by molar-refractivity contribution is -0.274. The van der Waals surface area contributed by atoms with E-state index < -0.39 is 22.1 Å². The van der Waals surface area contributed by atoms with E-state index in [0.29, 0.717) is 11.1 Å². The van der Waals surface area contributed by atoms with Crippen LogP contribution in [0.25, 0.3) is 0 Å². The van der Waals surface area contributed by atoms with E-state index in [1.165, 1.54) is 7.05 Å². The van der Waals surface area contributed by atoms with Gasteiger partial charge >= 0.3 is 6.36 Å². The van der Waals surface area contributed by atoms with E-state index in [9.17, 15) is 26.4 Å². The van der Waals surface area contributed by atoms with E-state index in [1.54, 1.807) is 24.3 Å². The average Bonchev–Trinajstić information content (AvgIpc) is 2.64. The molecule has 0 heterocycles. The molecule has 0 aromatic heterocycles. The molecule has 0 atom stereocenters. The second-order valence-corrected chi connectivity index (χ2v) is 7.04.